The van der Waals surface area contributed by atoms with Crippen LogP contribution in [0.1, 0.15) is 78.6 Å². The quantitative estimate of drug-likeness (QED) is 0.527. The first-order valence-electron chi connectivity index (χ1n) is 8.30. The Morgan fingerprint density at radius 3 is 1.85 bits per heavy atom. The number of hydrogen-bond donors (Lipinski definition) is 0. The predicted molar refractivity (Wildman–Crippen MR) is 88.7 cm³/mol. The molecular weight excluding hydrogens is 351 g/mol. The van der Waals surface area contributed by atoms with E-state index in [4.69, 9.17) is 0 Å². The minimum atomic E-state index is -0.664. The molecule has 0 bridgehead atoms. The summed E-state index contributed by atoms with van der Waals surface area (Å²) in [4.78, 5) is 8.89. The van der Waals surface area contributed by atoms with Gasteiger partial charge >= 0.3 is 135 Å². The van der Waals surface area contributed by atoms with Crippen molar-refractivity contribution in [2.75, 3.05) is 0 Å². The van der Waals surface area contributed by atoms with Gasteiger partial charge in [0, 0.05) is 0 Å². The van der Waals surface area contributed by atoms with Gasteiger partial charge in [-0.1, -0.05) is 0 Å². The summed E-state index contributed by atoms with van der Waals surface area (Å²) in [6.45, 7) is 6.95. The normalized spacial score (nSPS) is 11.8. The van der Waals surface area contributed by atoms with Crippen molar-refractivity contribution in [3.63, 3.8) is 0 Å². The summed E-state index contributed by atoms with van der Waals surface area (Å²) in [5, 5.41) is 0. The van der Waals surface area contributed by atoms with Crippen LogP contribution in [0.4, 0.5) is 0 Å². The van der Waals surface area contributed by atoms with E-state index in [-0.39, 0.29) is 0 Å². The Labute approximate surface area is 135 Å². The van der Waals surface area contributed by atoms with Gasteiger partial charge in [-0.3, -0.25) is 0 Å². The van der Waals surface area contributed by atoms with Crippen molar-refractivity contribution in [2.45, 2.75) is 82.0 Å². The molecule has 1 heterocycles. The third-order valence-electron chi connectivity index (χ3n) is 3.98. The molecule has 0 aliphatic carbocycles. The molecule has 20 heavy (non-hydrogen) atoms. The number of nitrogens with zero attached hydrogens (tertiary/aromatic N) is 2. The van der Waals surface area contributed by atoms with Gasteiger partial charge in [0.1, 0.15) is 0 Å². The molecule has 0 N–H and O–H groups in total. The second kappa shape index (κ2) is 10.6. The zero-order valence-electron chi connectivity index (χ0n) is 13.5. The van der Waals surface area contributed by atoms with Gasteiger partial charge in [0.05, 0.1) is 0 Å². The molecule has 3 heteroatoms. The van der Waals surface area contributed by atoms with Gasteiger partial charge in [-0.2, -0.15) is 0 Å². The van der Waals surface area contributed by atoms with Gasteiger partial charge in [-0.05, 0) is 0 Å². The maximum atomic E-state index is 4.60. The van der Waals surface area contributed by atoms with Crippen molar-refractivity contribution in [1.82, 2.24) is 9.97 Å². The molecule has 0 spiro atoms. The fourth-order valence-corrected chi connectivity index (χ4v) is 7.67. The standard InChI is InChI=1S/C13H27.C4H3N2.Sn/c1-4-7-10-13(11-8-5-2)12-9-6-3;1-2-6-4-3-5-1;/h4-12H2,1-3H3;1-3H;. The molecule has 112 valence electrons. The van der Waals surface area contributed by atoms with Crippen molar-refractivity contribution < 1.29 is 0 Å². The molecule has 0 unspecified atom stereocenters. The molecule has 0 fully saturated rings. The molecule has 0 saturated carbocycles. The Kier molecular flexibility index (Phi) is 9.49. The van der Waals surface area contributed by atoms with Gasteiger partial charge in [0.15, 0.2) is 0 Å². The summed E-state index contributed by atoms with van der Waals surface area (Å²) >= 11 is -0.664. The van der Waals surface area contributed by atoms with E-state index in [1.165, 1.54) is 61.5 Å². The fourth-order valence-electron chi connectivity index (χ4n) is 2.74. The van der Waals surface area contributed by atoms with Crippen molar-refractivity contribution >= 4 is 24.9 Å². The van der Waals surface area contributed by atoms with Crippen LogP contribution in [-0.2, 0) is 0 Å². The predicted octanol–water partition coefficient (Wildman–Crippen LogP) is 4.54. The molecule has 2 nitrogen and oxygen atoms in total. The van der Waals surface area contributed by atoms with Gasteiger partial charge < -0.3 is 0 Å². The van der Waals surface area contributed by atoms with Crippen LogP contribution in [0.2, 0.25) is 3.43 Å². The minimum absolute atomic E-state index is 0.626. The summed E-state index contributed by atoms with van der Waals surface area (Å²) in [5.41, 5.74) is 0. The van der Waals surface area contributed by atoms with Crippen molar-refractivity contribution in [3.05, 3.63) is 18.6 Å². The molecule has 0 aromatic carbocycles. The zero-order valence-corrected chi connectivity index (χ0v) is 16.3. The first kappa shape index (κ1) is 17.9. The molecule has 1 rings (SSSR count). The van der Waals surface area contributed by atoms with E-state index in [1.54, 1.807) is 6.20 Å². The number of rotatable bonds is 11. The molecule has 0 saturated heterocycles. The molecule has 2 radical (unpaired) electrons. The average Bonchev–Trinajstić information content (AvgIpc) is 2.49. The summed E-state index contributed by atoms with van der Waals surface area (Å²) in [6, 6.07) is 0. The molecule has 0 aliphatic rings. The van der Waals surface area contributed by atoms with E-state index >= 15 is 0 Å². The van der Waals surface area contributed by atoms with Gasteiger partial charge in [-0.25, -0.2) is 0 Å². The maximum absolute atomic E-state index is 4.60. The van der Waals surface area contributed by atoms with E-state index in [0.29, 0.717) is 3.43 Å². The third kappa shape index (κ3) is 6.55. The Bertz CT molecular complexity index is 318. The average molecular weight is 381 g/mol. The van der Waals surface area contributed by atoms with E-state index in [2.05, 4.69) is 30.7 Å². The number of hydrogen-bond acceptors (Lipinski definition) is 2. The monoisotopic (exact) mass is 382 g/mol. The van der Waals surface area contributed by atoms with Crippen LogP contribution in [0.15, 0.2) is 18.6 Å². The van der Waals surface area contributed by atoms with Gasteiger partial charge in [-0.15, -0.1) is 0 Å². The first-order chi connectivity index (χ1) is 9.76. The topological polar surface area (TPSA) is 25.8 Å². The SMILES string of the molecule is CCCC[C](CCCC)(CCCC)[Sn][c]1cnccn1. The van der Waals surface area contributed by atoms with E-state index in [0.717, 1.165) is 0 Å². The van der Waals surface area contributed by atoms with Crippen LogP contribution >= 0.6 is 0 Å². The fraction of sp³-hybridized carbons (Fsp3) is 0.765. The Balaban J connectivity index is 2.81. The Hall–Kier alpha value is -0.121. The Morgan fingerprint density at radius 1 is 0.900 bits per heavy atom. The van der Waals surface area contributed by atoms with Crippen LogP contribution in [0.5, 0.6) is 0 Å². The van der Waals surface area contributed by atoms with E-state index in [1.807, 2.05) is 12.4 Å². The molecule has 0 aliphatic heterocycles. The molecule has 1 aromatic rings. The second-order valence-electron chi connectivity index (χ2n) is 5.81. The van der Waals surface area contributed by atoms with Crippen LogP contribution in [-0.4, -0.2) is 31.1 Å². The number of aromatic nitrogens is 2. The summed E-state index contributed by atoms with van der Waals surface area (Å²) in [6.07, 6.45) is 18.1. The van der Waals surface area contributed by atoms with E-state index < -0.39 is 21.1 Å². The molecule has 0 amide bonds. The van der Waals surface area contributed by atoms with Crippen molar-refractivity contribution in [1.29, 1.82) is 0 Å². The number of unbranched alkanes of at least 4 members (excludes halogenated alkanes) is 3. The molecule has 0 atom stereocenters. The van der Waals surface area contributed by atoms with Crippen molar-refractivity contribution in [2.24, 2.45) is 0 Å². The summed E-state index contributed by atoms with van der Waals surface area (Å²) < 4.78 is 1.97. The Morgan fingerprint density at radius 2 is 1.45 bits per heavy atom. The summed E-state index contributed by atoms with van der Waals surface area (Å²) in [7, 11) is 0. The van der Waals surface area contributed by atoms with Gasteiger partial charge in [0.25, 0.3) is 0 Å². The first-order valence-corrected chi connectivity index (χ1v) is 11.2. The summed E-state index contributed by atoms with van der Waals surface area (Å²) in [5.74, 6) is 0. The van der Waals surface area contributed by atoms with Crippen LogP contribution in [0, 0.1) is 0 Å². The van der Waals surface area contributed by atoms with Crippen LogP contribution in [0.25, 0.3) is 0 Å². The molecular formula is C17H30N2Sn. The third-order valence-corrected chi connectivity index (χ3v) is 9.11. The second-order valence-corrected chi connectivity index (χ2v) is 11.0. The van der Waals surface area contributed by atoms with Gasteiger partial charge in [0.2, 0.25) is 0 Å². The van der Waals surface area contributed by atoms with E-state index in [9.17, 15) is 0 Å². The van der Waals surface area contributed by atoms with Crippen LogP contribution < -0.4 is 3.71 Å². The molecule has 1 aromatic heterocycles. The van der Waals surface area contributed by atoms with Crippen molar-refractivity contribution in [3.8, 4) is 0 Å². The van der Waals surface area contributed by atoms with Crippen LogP contribution in [0.3, 0.4) is 0 Å². The zero-order chi connectivity index (χ0) is 14.7.